The molecule has 336 valence electrons. The Morgan fingerprint density at radius 2 is 1.03 bits per heavy atom. The Morgan fingerprint density at radius 1 is 0.652 bits per heavy atom. The van der Waals surface area contributed by atoms with Gasteiger partial charge in [-0.2, -0.15) is 10.5 Å². The summed E-state index contributed by atoms with van der Waals surface area (Å²) in [5.41, 5.74) is 3.03. The van der Waals surface area contributed by atoms with Crippen LogP contribution in [0.1, 0.15) is 36.1 Å². The van der Waals surface area contributed by atoms with Crippen molar-refractivity contribution in [3.05, 3.63) is 128 Å². The largest absolute Gasteiger partial charge is 0.460 e. The van der Waals surface area contributed by atoms with Crippen molar-refractivity contribution < 1.29 is 47.7 Å². The van der Waals surface area contributed by atoms with Crippen molar-refractivity contribution in [3.8, 4) is 23.6 Å². The summed E-state index contributed by atoms with van der Waals surface area (Å²) in [5, 5.41) is 27.3. The number of carbonyl (C=O) groups excluding carboxylic acids is 6. The van der Waals surface area contributed by atoms with Crippen molar-refractivity contribution in [1.82, 2.24) is 20.7 Å². The highest BCUT2D eigenvalue weighted by Gasteiger charge is 2.47. The number of allylic oxidation sites excluding steroid dienone is 1. The van der Waals surface area contributed by atoms with E-state index in [0.717, 1.165) is 69.3 Å². The number of fused-ring (bicyclic) bond motifs is 2. The van der Waals surface area contributed by atoms with Gasteiger partial charge in [-0.05, 0) is 36.1 Å². The number of thioether (sulfide) groups is 4. The second-order valence-corrected chi connectivity index (χ2v) is 18.6. The van der Waals surface area contributed by atoms with Crippen LogP contribution in [0.3, 0.4) is 0 Å². The minimum Gasteiger partial charge on any atom is -0.460 e. The van der Waals surface area contributed by atoms with Crippen LogP contribution in [0.15, 0.2) is 125 Å². The van der Waals surface area contributed by atoms with Crippen molar-refractivity contribution >= 4 is 95.1 Å². The number of nitrogens with zero attached hydrogens (tertiary/aromatic N) is 4. The van der Waals surface area contributed by atoms with Crippen LogP contribution in [0.5, 0.6) is 11.5 Å². The van der Waals surface area contributed by atoms with Crippen molar-refractivity contribution in [2.45, 2.75) is 46.5 Å². The summed E-state index contributed by atoms with van der Waals surface area (Å²) in [6, 6.07) is 18.4. The average molecular weight is 963 g/mol. The van der Waals surface area contributed by atoms with Gasteiger partial charge in [0, 0.05) is 11.1 Å². The molecule has 0 aliphatic carbocycles. The molecule has 0 atom stereocenters. The van der Waals surface area contributed by atoms with Crippen LogP contribution in [0.2, 0.25) is 0 Å². The molecule has 3 aliphatic heterocycles. The van der Waals surface area contributed by atoms with E-state index in [0.29, 0.717) is 0 Å². The Balaban J connectivity index is 1.43. The Bertz CT molecular complexity index is 2570. The van der Waals surface area contributed by atoms with Gasteiger partial charge < -0.3 is 29.6 Å². The number of hydrogen-bond acceptors (Lipinski definition) is 16. The van der Waals surface area contributed by atoms with Gasteiger partial charge in [-0.25, -0.2) is 29.2 Å². The number of hydrogen-bond donors (Lipinski definition) is 2. The highest BCUT2D eigenvalue weighted by atomic mass is 32.2. The van der Waals surface area contributed by atoms with E-state index in [-0.39, 0.29) is 101 Å². The number of hydrazine groups is 1. The number of rotatable bonds is 16. The van der Waals surface area contributed by atoms with E-state index < -0.39 is 35.9 Å². The average Bonchev–Trinajstić information content (AvgIpc) is 4.00. The van der Waals surface area contributed by atoms with Crippen molar-refractivity contribution in [1.29, 1.82) is 10.5 Å². The lowest BCUT2D eigenvalue weighted by Crippen LogP contribution is -2.39. The summed E-state index contributed by atoms with van der Waals surface area (Å²) in [6.07, 6.45) is 1.38. The number of nitrogens with one attached hydrogen (secondary N) is 2. The van der Waals surface area contributed by atoms with Crippen LogP contribution in [-0.4, -0.2) is 72.3 Å². The first-order valence-electron chi connectivity index (χ1n) is 19.5. The maximum Gasteiger partial charge on any atom is 0.412 e. The van der Waals surface area contributed by atoms with Crippen LogP contribution in [0.4, 0.5) is 9.59 Å². The van der Waals surface area contributed by atoms with Crippen LogP contribution >= 0.6 is 47.0 Å². The molecule has 1 fully saturated rings. The number of esters is 2. The molecule has 3 aromatic carbocycles. The Labute approximate surface area is 396 Å². The molecule has 2 N–H and O–H groups in total. The van der Waals surface area contributed by atoms with Crippen molar-refractivity contribution in [3.63, 3.8) is 0 Å². The minimum atomic E-state index is -0.993. The second kappa shape index (κ2) is 21.7. The first-order chi connectivity index (χ1) is 31.7. The molecule has 3 heterocycles. The summed E-state index contributed by atoms with van der Waals surface area (Å²) in [4.78, 5) is 80.7. The predicted molar refractivity (Wildman–Crippen MR) is 249 cm³/mol. The molecule has 16 nitrogen and oxygen atoms in total. The highest BCUT2D eigenvalue weighted by molar-refractivity contribution is 8.26. The molecule has 0 spiro atoms. The molecule has 4 amide bonds. The standard InChI is InChI=1S/C46H38N6O10S4/c1-7-27-9-13-29(14-10-27)23-51-39(53)32(40(54)52(51)24-30-15-11-28(8-2)12-16-30)44-65-37-33(61-45(57)49-17-19-59-41(55)25(3)4)35-36(64-43(63-35)31(21-47)22-48)34(38(37)66-44)62-46(58)50-18-20-60-42(56)26(5)6/h7-16H,1-3,5,17-20,23-24H2,4,6H3,(H,49,57)(H,50,58). The fraction of sp³-hybridized carbons (Fsp3) is 0.174. The fourth-order valence-electron chi connectivity index (χ4n) is 5.93. The van der Waals surface area contributed by atoms with E-state index in [1.807, 2.05) is 60.7 Å². The zero-order chi connectivity index (χ0) is 47.7. The topological polar surface area (TPSA) is 217 Å². The van der Waals surface area contributed by atoms with Gasteiger partial charge in [0.2, 0.25) is 0 Å². The lowest BCUT2D eigenvalue weighted by atomic mass is 10.1. The molecule has 0 saturated carbocycles. The zero-order valence-corrected chi connectivity index (χ0v) is 38.6. The molecule has 0 radical (unpaired) electrons. The molecule has 20 heteroatoms. The van der Waals surface area contributed by atoms with Gasteiger partial charge in [-0.1, -0.05) is 134 Å². The van der Waals surface area contributed by atoms with Gasteiger partial charge in [0.05, 0.1) is 54.2 Å². The van der Waals surface area contributed by atoms with Gasteiger partial charge in [0.1, 0.15) is 36.5 Å². The zero-order valence-electron chi connectivity index (χ0n) is 35.3. The normalized spacial score (nSPS) is 13.5. The van der Waals surface area contributed by atoms with Crippen LogP contribution in [0, 0.1) is 22.7 Å². The number of ether oxygens (including phenoxy) is 4. The fourth-order valence-corrected chi connectivity index (χ4v) is 11.3. The molecule has 0 aromatic heterocycles. The molecule has 66 heavy (non-hydrogen) atoms. The molecule has 3 aromatic rings. The number of nitriles is 2. The monoisotopic (exact) mass is 962 g/mol. The van der Waals surface area contributed by atoms with Crippen molar-refractivity contribution in [2.24, 2.45) is 0 Å². The van der Waals surface area contributed by atoms with Gasteiger partial charge in [-0.3, -0.25) is 9.59 Å². The van der Waals surface area contributed by atoms with Crippen molar-refractivity contribution in [2.75, 3.05) is 26.3 Å². The third-order valence-corrected chi connectivity index (χ3v) is 14.4. The quantitative estimate of drug-likeness (QED) is 0.0454. The smallest absolute Gasteiger partial charge is 0.412 e. The molecule has 0 bridgehead atoms. The van der Waals surface area contributed by atoms with E-state index in [1.165, 1.54) is 23.9 Å². The molecule has 6 rings (SSSR count). The third-order valence-electron chi connectivity index (χ3n) is 9.23. The highest BCUT2D eigenvalue weighted by Crippen LogP contribution is 2.68. The summed E-state index contributed by atoms with van der Waals surface area (Å²) >= 11 is 3.66. The summed E-state index contributed by atoms with van der Waals surface area (Å²) in [5.74, 6) is -2.76. The molecular formula is C46H38N6O10S4. The molecule has 1 saturated heterocycles. The summed E-state index contributed by atoms with van der Waals surface area (Å²) in [6.45, 7) is 16.9. The predicted octanol–water partition coefficient (Wildman–Crippen LogP) is 8.24. The minimum absolute atomic E-state index is 0.0228. The van der Waals surface area contributed by atoms with E-state index in [9.17, 15) is 39.3 Å². The lowest BCUT2D eigenvalue weighted by Gasteiger charge is -2.27. The van der Waals surface area contributed by atoms with Gasteiger partial charge >= 0.3 is 24.1 Å². The Morgan fingerprint density at radius 3 is 1.38 bits per heavy atom. The maximum atomic E-state index is 14.7. The summed E-state index contributed by atoms with van der Waals surface area (Å²) < 4.78 is 22.4. The first-order valence-corrected chi connectivity index (χ1v) is 22.8. The maximum absolute atomic E-state index is 14.7. The number of carbonyl (C=O) groups is 6. The third kappa shape index (κ3) is 11.0. The van der Waals surface area contributed by atoms with E-state index in [2.05, 4.69) is 36.9 Å². The molecular weight excluding hydrogens is 925 g/mol. The van der Waals surface area contributed by atoms with Gasteiger partial charge in [0.25, 0.3) is 11.8 Å². The number of benzene rings is 3. The summed E-state index contributed by atoms with van der Waals surface area (Å²) in [7, 11) is 0. The van der Waals surface area contributed by atoms with Gasteiger partial charge in [0.15, 0.2) is 11.5 Å². The second-order valence-electron chi connectivity index (χ2n) is 14.0. The number of amides is 4. The Kier molecular flexibility index (Phi) is 15.9. The van der Waals surface area contributed by atoms with E-state index in [4.69, 9.17) is 18.9 Å². The van der Waals surface area contributed by atoms with Gasteiger partial charge in [-0.15, -0.1) is 0 Å². The van der Waals surface area contributed by atoms with Crippen LogP contribution in [-0.2, 0) is 41.7 Å². The van der Waals surface area contributed by atoms with Crippen LogP contribution < -0.4 is 20.1 Å². The van der Waals surface area contributed by atoms with E-state index in [1.54, 1.807) is 12.2 Å². The Hall–Kier alpha value is -7.10. The van der Waals surface area contributed by atoms with Crippen LogP contribution in [0.25, 0.3) is 12.2 Å². The van der Waals surface area contributed by atoms with E-state index >= 15 is 0 Å². The first kappa shape index (κ1) is 48.4. The molecule has 0 unspecified atom stereocenters. The molecule has 3 aliphatic rings. The lowest BCUT2D eigenvalue weighted by molar-refractivity contribution is -0.149. The SMILES string of the molecule is C=Cc1ccc(CN2C(=O)C(=C3Sc4c(OC(=O)NCCOC(=O)C(=C)C)c5c(c(OC(=O)NCCOC(=O)C(=C)C)c4S3)SC(=C(C#N)C#N)S5)C(=O)N2Cc2ccc(C=C)cc2)cc1.